The van der Waals surface area contributed by atoms with Crippen molar-refractivity contribution in [2.75, 3.05) is 0 Å². The molecule has 0 saturated heterocycles. The van der Waals surface area contributed by atoms with Gasteiger partial charge in [-0.1, -0.05) is 53.7 Å². The summed E-state index contributed by atoms with van der Waals surface area (Å²) in [7, 11) is -4.84. The Labute approximate surface area is 132 Å². The first-order chi connectivity index (χ1) is 9.73. The average Bonchev–Trinajstić information content (AvgIpc) is 2.26. The van der Waals surface area contributed by atoms with Gasteiger partial charge in [-0.2, -0.15) is 8.42 Å². The zero-order chi connectivity index (χ0) is 17.3. The molecule has 124 valence electrons. The van der Waals surface area contributed by atoms with Crippen molar-refractivity contribution in [2.24, 2.45) is 10.8 Å². The minimum Gasteiger partial charge on any atom is -0.413 e. The van der Waals surface area contributed by atoms with Crippen molar-refractivity contribution in [2.45, 2.75) is 47.5 Å². The highest BCUT2D eigenvalue weighted by molar-refractivity contribution is 8.00. The Kier molecular flexibility index (Phi) is 5.09. The maximum atomic E-state index is 11.1. The predicted octanol–water partition coefficient (Wildman–Crippen LogP) is 4.25. The van der Waals surface area contributed by atoms with E-state index in [0.717, 1.165) is 5.56 Å². The zero-order valence-corrected chi connectivity index (χ0v) is 14.7. The molecule has 0 bridgehead atoms. The van der Waals surface area contributed by atoms with E-state index >= 15 is 0 Å². The van der Waals surface area contributed by atoms with Crippen LogP contribution in [0.15, 0.2) is 24.3 Å². The van der Waals surface area contributed by atoms with E-state index < -0.39 is 15.4 Å². The molecule has 22 heavy (non-hydrogen) atoms. The molecule has 0 saturated carbocycles. The molecule has 5 nitrogen and oxygen atoms in total. The van der Waals surface area contributed by atoms with E-state index in [0.29, 0.717) is 0 Å². The lowest BCUT2D eigenvalue weighted by atomic mass is 9.64. The SMILES string of the molecule is CC(C)(C)C(c1ccc(OC(=O)S(=O)(=O)O)cc1)C(C)(C)C. The Morgan fingerprint density at radius 1 is 1.00 bits per heavy atom. The standard InChI is InChI=1S/C16H24O5S/c1-15(2,3)13(16(4,5)6)11-7-9-12(10-8-11)21-14(17)22(18,19)20/h7-10,13H,1-6H3,(H,18,19,20). The lowest BCUT2D eigenvalue weighted by Crippen LogP contribution is -2.30. The largest absolute Gasteiger partial charge is 0.457 e. The molecule has 6 heteroatoms. The van der Waals surface area contributed by atoms with Crippen LogP contribution in [0.1, 0.15) is 53.0 Å². The number of carbonyl (C=O) groups excluding carboxylic acids is 1. The molecule has 0 aliphatic carbocycles. The zero-order valence-electron chi connectivity index (χ0n) is 13.9. The number of ether oxygens (including phenoxy) is 1. The molecule has 0 aliphatic heterocycles. The second-order valence-electron chi connectivity index (χ2n) is 7.56. The van der Waals surface area contributed by atoms with Crippen molar-refractivity contribution in [3.05, 3.63) is 29.8 Å². The van der Waals surface area contributed by atoms with E-state index in [4.69, 9.17) is 4.55 Å². The monoisotopic (exact) mass is 328 g/mol. The van der Waals surface area contributed by atoms with Gasteiger partial charge in [-0.25, -0.2) is 4.79 Å². The molecular weight excluding hydrogens is 304 g/mol. The van der Waals surface area contributed by atoms with Crippen LogP contribution in [0.2, 0.25) is 0 Å². The highest BCUT2D eigenvalue weighted by Gasteiger charge is 2.36. The summed E-state index contributed by atoms with van der Waals surface area (Å²) in [5, 5.41) is -1.68. The highest BCUT2D eigenvalue weighted by Crippen LogP contribution is 2.47. The van der Waals surface area contributed by atoms with E-state index in [1.165, 1.54) is 12.1 Å². The Morgan fingerprint density at radius 3 is 1.73 bits per heavy atom. The number of hydrogen-bond acceptors (Lipinski definition) is 4. The summed E-state index contributed by atoms with van der Waals surface area (Å²) in [4.78, 5) is 11.1. The smallest absolute Gasteiger partial charge is 0.413 e. The fraction of sp³-hybridized carbons (Fsp3) is 0.562. The molecule has 1 aromatic carbocycles. The molecule has 0 unspecified atom stereocenters. The molecule has 0 aliphatic rings. The normalized spacial score (nSPS) is 13.3. The molecule has 1 aromatic rings. The quantitative estimate of drug-likeness (QED) is 0.648. The van der Waals surface area contributed by atoms with Gasteiger partial charge in [0.15, 0.2) is 0 Å². The fourth-order valence-corrected chi connectivity index (χ4v) is 3.38. The Balaban J connectivity index is 3.08. The Bertz CT molecular complexity index is 617. The second kappa shape index (κ2) is 6.01. The second-order valence-corrected chi connectivity index (χ2v) is 8.84. The van der Waals surface area contributed by atoms with Gasteiger partial charge in [-0.05, 0) is 34.4 Å². The summed E-state index contributed by atoms with van der Waals surface area (Å²) in [5.41, 5.74) is 1.14. The number of rotatable bonds is 2. The van der Waals surface area contributed by atoms with E-state index in [-0.39, 0.29) is 22.5 Å². The predicted molar refractivity (Wildman–Crippen MR) is 85.7 cm³/mol. The van der Waals surface area contributed by atoms with Crippen molar-refractivity contribution in [3.8, 4) is 5.75 Å². The lowest BCUT2D eigenvalue weighted by Gasteiger charge is -2.41. The molecule has 0 radical (unpaired) electrons. The molecule has 0 spiro atoms. The summed E-state index contributed by atoms with van der Waals surface area (Å²) in [6.07, 6.45) is 0. The van der Waals surface area contributed by atoms with Gasteiger partial charge in [-0.15, -0.1) is 0 Å². The topological polar surface area (TPSA) is 80.7 Å². The van der Waals surface area contributed by atoms with Crippen LogP contribution in [0.3, 0.4) is 0 Å². The van der Waals surface area contributed by atoms with E-state index in [9.17, 15) is 13.2 Å². The van der Waals surface area contributed by atoms with Gasteiger partial charge < -0.3 is 4.74 Å². The fourth-order valence-electron chi connectivity index (χ4n) is 3.18. The third-order valence-corrected chi connectivity index (χ3v) is 3.86. The molecule has 0 heterocycles. The van der Waals surface area contributed by atoms with Gasteiger partial charge in [0.2, 0.25) is 0 Å². The van der Waals surface area contributed by atoms with Crippen molar-refractivity contribution in [3.63, 3.8) is 0 Å². The third-order valence-electron chi connectivity index (χ3n) is 3.36. The van der Waals surface area contributed by atoms with Crippen LogP contribution < -0.4 is 4.74 Å². The van der Waals surface area contributed by atoms with Crippen LogP contribution in [0.4, 0.5) is 4.79 Å². The van der Waals surface area contributed by atoms with Crippen molar-refractivity contribution < 1.29 is 22.5 Å². The first-order valence-electron chi connectivity index (χ1n) is 7.02. The summed E-state index contributed by atoms with van der Waals surface area (Å²) in [6, 6.07) is 6.69. The van der Waals surface area contributed by atoms with Gasteiger partial charge in [0.25, 0.3) is 0 Å². The summed E-state index contributed by atoms with van der Waals surface area (Å²) < 4.78 is 34.5. The number of carbonyl (C=O) groups is 1. The average molecular weight is 328 g/mol. The van der Waals surface area contributed by atoms with Crippen LogP contribution in [-0.4, -0.2) is 18.3 Å². The third kappa shape index (κ3) is 4.81. The molecule has 0 aromatic heterocycles. The maximum absolute atomic E-state index is 11.1. The first-order valence-corrected chi connectivity index (χ1v) is 8.46. The number of benzene rings is 1. The first kappa shape index (κ1) is 18.6. The minimum absolute atomic E-state index is 0.0326. The molecule has 1 N–H and O–H groups in total. The van der Waals surface area contributed by atoms with Gasteiger partial charge in [0, 0.05) is 0 Å². The van der Waals surface area contributed by atoms with Crippen LogP contribution in [0.25, 0.3) is 0 Å². The molecule has 1 rings (SSSR count). The van der Waals surface area contributed by atoms with Crippen LogP contribution >= 0.6 is 0 Å². The van der Waals surface area contributed by atoms with Gasteiger partial charge in [-0.3, -0.25) is 4.55 Å². The van der Waals surface area contributed by atoms with Crippen LogP contribution in [-0.2, 0) is 10.1 Å². The molecule has 0 atom stereocenters. The van der Waals surface area contributed by atoms with Gasteiger partial charge in [0.1, 0.15) is 5.75 Å². The maximum Gasteiger partial charge on any atom is 0.457 e. The summed E-state index contributed by atoms with van der Waals surface area (Å²) in [6.45, 7) is 13.0. The molecule has 0 fully saturated rings. The lowest BCUT2D eigenvalue weighted by molar-refractivity contribution is 0.176. The van der Waals surface area contributed by atoms with Crippen molar-refractivity contribution in [1.29, 1.82) is 0 Å². The molecular formula is C16H24O5S. The Hall–Kier alpha value is -1.40. The van der Waals surface area contributed by atoms with Crippen molar-refractivity contribution >= 4 is 15.4 Å². The van der Waals surface area contributed by atoms with Crippen LogP contribution in [0, 0.1) is 10.8 Å². The van der Waals surface area contributed by atoms with Gasteiger partial charge in [0.05, 0.1) is 0 Å². The Morgan fingerprint density at radius 2 is 1.41 bits per heavy atom. The van der Waals surface area contributed by atoms with Crippen LogP contribution in [0.5, 0.6) is 5.75 Å². The van der Waals surface area contributed by atoms with Gasteiger partial charge >= 0.3 is 15.4 Å². The molecule has 0 amide bonds. The highest BCUT2D eigenvalue weighted by atomic mass is 32.2. The van der Waals surface area contributed by atoms with Crippen molar-refractivity contribution in [1.82, 2.24) is 0 Å². The minimum atomic E-state index is -4.84. The number of hydrogen-bond donors (Lipinski definition) is 1. The summed E-state index contributed by atoms with van der Waals surface area (Å²) in [5.74, 6) is 0.333. The summed E-state index contributed by atoms with van der Waals surface area (Å²) >= 11 is 0. The van der Waals surface area contributed by atoms with E-state index in [1.54, 1.807) is 0 Å². The van der Waals surface area contributed by atoms with E-state index in [1.807, 2.05) is 12.1 Å². The van der Waals surface area contributed by atoms with E-state index in [2.05, 4.69) is 46.3 Å².